The van der Waals surface area contributed by atoms with Gasteiger partial charge in [0.2, 0.25) is 0 Å². The third-order valence-corrected chi connectivity index (χ3v) is 11.6. The number of hydrogen-bond donors (Lipinski definition) is 2. The number of ether oxygens (including phenoxy) is 1. The van der Waals surface area contributed by atoms with Gasteiger partial charge in [-0.05, 0) is 107 Å². The predicted molar refractivity (Wildman–Crippen MR) is 184 cm³/mol. The molecule has 1 amide bonds. The molecule has 0 radical (unpaired) electrons. The normalized spacial score (nSPS) is 23.0. The summed E-state index contributed by atoms with van der Waals surface area (Å²) in [6.07, 6.45) is 9.81. The van der Waals surface area contributed by atoms with Crippen LogP contribution in [0, 0.1) is 5.41 Å². The Morgan fingerprint density at radius 2 is 1.66 bits per heavy atom. The molecule has 0 atom stereocenters. The molecule has 0 aliphatic carbocycles. The maximum Gasteiger partial charge on any atom is 0.271 e. The van der Waals surface area contributed by atoms with Crippen LogP contribution >= 0.6 is 0 Å². The van der Waals surface area contributed by atoms with Gasteiger partial charge >= 0.3 is 0 Å². The molecule has 2 aromatic heterocycles. The third kappa shape index (κ3) is 5.83. The van der Waals surface area contributed by atoms with E-state index in [1.165, 1.54) is 57.5 Å². The first-order chi connectivity index (χ1) is 22.9. The van der Waals surface area contributed by atoms with Crippen LogP contribution in [0.3, 0.4) is 0 Å². The van der Waals surface area contributed by atoms with Crippen molar-refractivity contribution in [1.82, 2.24) is 24.8 Å². The molecule has 5 aliphatic rings. The molecule has 0 saturated carbocycles. The van der Waals surface area contributed by atoms with Crippen LogP contribution in [0.2, 0.25) is 0 Å². The Bertz CT molecular complexity index is 1570. The highest BCUT2D eigenvalue weighted by molar-refractivity contribution is 5.97. The van der Waals surface area contributed by atoms with Crippen LogP contribution in [0.4, 0.5) is 23.0 Å². The molecule has 11 nitrogen and oxygen atoms in total. The lowest BCUT2D eigenvalue weighted by molar-refractivity contribution is -0.0419. The number of likely N-dealkylation sites (tertiary alicyclic amines) is 2. The SMILES string of the molecule is CN1CC2(CCN(C3CCN(c4ccc(Nc5nc(N6CCC67CCOCC7)c(-c6ccccn6)nc5C(N)=O)cc4)CC3)CC2)C1. The number of benzene rings is 1. The molecule has 3 N–H and O–H groups in total. The van der Waals surface area contributed by atoms with Gasteiger partial charge in [-0.1, -0.05) is 6.07 Å². The fourth-order valence-electron chi connectivity index (χ4n) is 8.85. The zero-order valence-electron chi connectivity index (χ0n) is 27.5. The minimum absolute atomic E-state index is 0.0130. The molecule has 1 aromatic carbocycles. The minimum Gasteiger partial charge on any atom is -0.381 e. The lowest BCUT2D eigenvalue weighted by atomic mass is 9.72. The van der Waals surface area contributed by atoms with E-state index in [0.29, 0.717) is 28.7 Å². The Morgan fingerprint density at radius 1 is 0.915 bits per heavy atom. The number of nitrogens with zero attached hydrogens (tertiary/aromatic N) is 7. The second-order valence-electron chi connectivity index (χ2n) is 14.5. The van der Waals surface area contributed by atoms with Gasteiger partial charge in [0.1, 0.15) is 5.69 Å². The minimum atomic E-state index is -0.628. The number of amides is 1. The first kappa shape index (κ1) is 30.5. The summed E-state index contributed by atoms with van der Waals surface area (Å²) in [5.74, 6) is 0.468. The van der Waals surface area contributed by atoms with Gasteiger partial charge in [-0.25, -0.2) is 9.97 Å². The predicted octanol–water partition coefficient (Wildman–Crippen LogP) is 4.14. The molecular weight excluding hydrogens is 590 g/mol. The van der Waals surface area contributed by atoms with E-state index in [1.54, 1.807) is 6.20 Å². The Kier molecular flexibility index (Phi) is 8.01. The summed E-state index contributed by atoms with van der Waals surface area (Å²) >= 11 is 0. The van der Waals surface area contributed by atoms with E-state index in [0.717, 1.165) is 63.6 Å². The smallest absolute Gasteiger partial charge is 0.271 e. The molecule has 7 heterocycles. The van der Waals surface area contributed by atoms with Gasteiger partial charge < -0.3 is 35.4 Å². The number of anilines is 4. The summed E-state index contributed by atoms with van der Waals surface area (Å²) in [7, 11) is 2.25. The van der Waals surface area contributed by atoms with Crippen LogP contribution in [0.5, 0.6) is 0 Å². The van der Waals surface area contributed by atoms with Gasteiger partial charge in [0.05, 0.1) is 5.69 Å². The molecule has 2 spiro atoms. The summed E-state index contributed by atoms with van der Waals surface area (Å²) < 4.78 is 5.70. The quantitative estimate of drug-likeness (QED) is 0.392. The largest absolute Gasteiger partial charge is 0.381 e. The van der Waals surface area contributed by atoms with Gasteiger partial charge in [0, 0.05) is 75.1 Å². The number of carbonyl (C=O) groups excluding carboxylic acids is 1. The van der Waals surface area contributed by atoms with E-state index in [-0.39, 0.29) is 11.2 Å². The monoisotopic (exact) mass is 637 g/mol. The highest BCUT2D eigenvalue weighted by Gasteiger charge is 2.48. The van der Waals surface area contributed by atoms with Crippen LogP contribution in [0.15, 0.2) is 48.7 Å². The van der Waals surface area contributed by atoms with Crippen molar-refractivity contribution in [3.05, 3.63) is 54.4 Å². The summed E-state index contributed by atoms with van der Waals surface area (Å²) in [5.41, 5.74) is 9.90. The van der Waals surface area contributed by atoms with E-state index < -0.39 is 5.91 Å². The fraction of sp³-hybridized carbons (Fsp3) is 0.556. The van der Waals surface area contributed by atoms with Gasteiger partial charge in [-0.2, -0.15) is 0 Å². The van der Waals surface area contributed by atoms with E-state index in [9.17, 15) is 4.79 Å². The molecule has 8 rings (SSSR count). The van der Waals surface area contributed by atoms with Crippen molar-refractivity contribution in [2.75, 3.05) is 81.2 Å². The number of nitrogens with one attached hydrogen (secondary N) is 1. The molecule has 47 heavy (non-hydrogen) atoms. The number of aromatic nitrogens is 3. The molecule has 0 bridgehead atoms. The lowest BCUT2D eigenvalue weighted by Crippen LogP contribution is -2.63. The summed E-state index contributed by atoms with van der Waals surface area (Å²) in [6.45, 7) is 9.55. The number of carbonyl (C=O) groups is 1. The van der Waals surface area contributed by atoms with Gasteiger partial charge in [-0.3, -0.25) is 9.78 Å². The highest BCUT2D eigenvalue weighted by atomic mass is 16.5. The highest BCUT2D eigenvalue weighted by Crippen LogP contribution is 2.45. The van der Waals surface area contributed by atoms with Crippen molar-refractivity contribution in [3.8, 4) is 11.4 Å². The van der Waals surface area contributed by atoms with Crippen LogP contribution in [-0.2, 0) is 4.74 Å². The maximum absolute atomic E-state index is 12.7. The Balaban J connectivity index is 0.977. The molecule has 5 fully saturated rings. The number of nitrogens with two attached hydrogens (primary N) is 1. The average molecular weight is 638 g/mol. The number of primary amides is 1. The van der Waals surface area contributed by atoms with Crippen molar-refractivity contribution in [1.29, 1.82) is 0 Å². The molecule has 11 heteroatoms. The number of rotatable bonds is 7. The van der Waals surface area contributed by atoms with Crippen LogP contribution in [-0.4, -0.2) is 108 Å². The maximum atomic E-state index is 12.7. The number of hydrogen-bond acceptors (Lipinski definition) is 10. The van der Waals surface area contributed by atoms with Crippen LogP contribution in [0.1, 0.15) is 55.4 Å². The molecule has 5 aliphatic heterocycles. The van der Waals surface area contributed by atoms with E-state index in [4.69, 9.17) is 20.4 Å². The molecule has 0 unspecified atom stereocenters. The van der Waals surface area contributed by atoms with Crippen molar-refractivity contribution in [3.63, 3.8) is 0 Å². The standard InChI is InChI=1S/C36H47N9O2/c1-42-24-35(25-42)11-19-44(20-12-35)28-9-17-43(18-10-28)27-7-5-26(6-8-27)39-33-31(32(37)46)40-30(29-4-2-3-16-38-29)34(41-33)45-21-13-36(45)14-22-47-23-15-36/h2-8,16,28H,9-15,17-25H2,1H3,(H2,37,46)(H,39,41). The topological polar surface area (TPSA) is 116 Å². The first-order valence-electron chi connectivity index (χ1n) is 17.4. The molecule has 3 aromatic rings. The molecule has 5 saturated heterocycles. The molecule has 248 valence electrons. The van der Waals surface area contributed by atoms with Crippen LogP contribution in [0.25, 0.3) is 11.4 Å². The summed E-state index contributed by atoms with van der Waals surface area (Å²) in [5, 5.41) is 3.39. The number of pyridine rings is 1. The van der Waals surface area contributed by atoms with Crippen molar-refractivity contribution in [2.45, 2.75) is 56.5 Å². The Labute approximate surface area is 277 Å². The van der Waals surface area contributed by atoms with Gasteiger partial charge in [0.25, 0.3) is 5.91 Å². The van der Waals surface area contributed by atoms with Gasteiger partial charge in [0.15, 0.2) is 17.3 Å². The van der Waals surface area contributed by atoms with E-state index in [1.807, 2.05) is 18.2 Å². The second-order valence-corrected chi connectivity index (χ2v) is 14.5. The van der Waals surface area contributed by atoms with E-state index in [2.05, 4.69) is 61.2 Å². The van der Waals surface area contributed by atoms with Crippen LogP contribution < -0.4 is 20.9 Å². The Morgan fingerprint density at radius 3 is 2.28 bits per heavy atom. The summed E-state index contributed by atoms with van der Waals surface area (Å²) in [4.78, 5) is 37.3. The first-order valence-corrected chi connectivity index (χ1v) is 17.4. The van der Waals surface area contributed by atoms with Crippen molar-refractivity contribution in [2.24, 2.45) is 11.1 Å². The van der Waals surface area contributed by atoms with Crippen molar-refractivity contribution >= 4 is 28.9 Å². The Hall–Kier alpha value is -3.80. The molecular formula is C36H47N9O2. The summed E-state index contributed by atoms with van der Waals surface area (Å²) in [6, 6.07) is 14.8. The van der Waals surface area contributed by atoms with E-state index >= 15 is 0 Å². The number of piperidine rings is 2. The fourth-order valence-corrected chi connectivity index (χ4v) is 8.85. The zero-order chi connectivity index (χ0) is 32.0. The second kappa shape index (κ2) is 12.3. The average Bonchev–Trinajstić information content (AvgIpc) is 3.09. The lowest BCUT2D eigenvalue weighted by Gasteiger charge is -2.55. The zero-order valence-corrected chi connectivity index (χ0v) is 27.5. The van der Waals surface area contributed by atoms with Crippen molar-refractivity contribution < 1.29 is 9.53 Å². The third-order valence-electron chi connectivity index (χ3n) is 11.6. The van der Waals surface area contributed by atoms with Gasteiger partial charge in [-0.15, -0.1) is 0 Å².